The molecule has 0 bridgehead atoms. The van der Waals surface area contributed by atoms with Gasteiger partial charge in [-0.1, -0.05) is 12.1 Å². The number of carbonyl (C=O) groups excluding carboxylic acids is 1. The number of carbonyl (C=O) groups is 1. The number of nitrogens with zero attached hydrogens (tertiary/aromatic N) is 2. The van der Waals surface area contributed by atoms with Crippen molar-refractivity contribution in [2.45, 2.75) is 19.1 Å². The number of hydrogen-bond acceptors (Lipinski definition) is 4. The van der Waals surface area contributed by atoms with E-state index in [4.69, 9.17) is 9.47 Å². The molecule has 7 nitrogen and oxygen atoms in total. The lowest BCUT2D eigenvalue weighted by atomic mass is 10.2. The number of amides is 2. The zero-order valence-corrected chi connectivity index (χ0v) is 12.8. The predicted molar refractivity (Wildman–Crippen MR) is 84.6 cm³/mol. The Hall–Kier alpha value is -2.70. The Morgan fingerprint density at radius 2 is 2.17 bits per heavy atom. The Morgan fingerprint density at radius 3 is 3.00 bits per heavy atom. The van der Waals surface area contributed by atoms with Crippen LogP contribution in [0.4, 0.5) is 4.79 Å². The van der Waals surface area contributed by atoms with Crippen LogP contribution in [0.5, 0.6) is 11.5 Å². The number of fused-ring (bicyclic) bond motifs is 1. The first kappa shape index (κ1) is 15.2. The van der Waals surface area contributed by atoms with E-state index in [0.29, 0.717) is 25.4 Å². The number of aryl methyl sites for hydroxylation is 1. The van der Waals surface area contributed by atoms with Crippen molar-refractivity contribution in [2.24, 2.45) is 0 Å². The van der Waals surface area contributed by atoms with Crippen LogP contribution >= 0.6 is 0 Å². The predicted octanol–water partition coefficient (Wildman–Crippen LogP) is 1.41. The summed E-state index contributed by atoms with van der Waals surface area (Å²) in [5, 5.41) is 5.63. The number of benzene rings is 1. The third-order valence-corrected chi connectivity index (χ3v) is 3.50. The number of urea groups is 1. The molecule has 7 heteroatoms. The number of ether oxygens (including phenoxy) is 2. The fraction of sp³-hybridized carbons (Fsp3) is 0.375. The number of nitrogens with one attached hydrogen (secondary N) is 2. The molecular weight excluding hydrogens is 296 g/mol. The van der Waals surface area contributed by atoms with Crippen molar-refractivity contribution < 1.29 is 14.3 Å². The number of aromatic nitrogens is 2. The Kier molecular flexibility index (Phi) is 4.98. The van der Waals surface area contributed by atoms with Gasteiger partial charge >= 0.3 is 6.03 Å². The third-order valence-electron chi connectivity index (χ3n) is 3.50. The molecule has 1 aliphatic rings. The van der Waals surface area contributed by atoms with E-state index in [0.717, 1.165) is 18.7 Å². The molecule has 1 aliphatic heterocycles. The van der Waals surface area contributed by atoms with Gasteiger partial charge in [-0.25, -0.2) is 9.78 Å². The standard InChI is InChI=1S/C16H20N4O3/c21-16(18-6-3-8-20-9-7-17-12-20)19-10-13-11-22-14-4-1-2-5-15(14)23-13/h1-2,4-5,7,9,12-13H,3,6,8,10-11H2,(H2,18,19,21)/t13-/m0/s1. The molecule has 0 fully saturated rings. The molecule has 2 heterocycles. The molecule has 23 heavy (non-hydrogen) atoms. The van der Waals surface area contributed by atoms with E-state index in [1.54, 1.807) is 12.5 Å². The minimum atomic E-state index is -0.196. The van der Waals surface area contributed by atoms with Gasteiger partial charge in [0.25, 0.3) is 0 Å². The smallest absolute Gasteiger partial charge is 0.314 e. The van der Waals surface area contributed by atoms with Gasteiger partial charge in [-0.05, 0) is 18.6 Å². The lowest BCUT2D eigenvalue weighted by molar-refractivity contribution is 0.0918. The molecule has 0 saturated heterocycles. The van der Waals surface area contributed by atoms with Gasteiger partial charge < -0.3 is 24.7 Å². The van der Waals surface area contributed by atoms with Gasteiger partial charge in [0.05, 0.1) is 12.9 Å². The van der Waals surface area contributed by atoms with Gasteiger partial charge in [0.1, 0.15) is 6.61 Å². The summed E-state index contributed by atoms with van der Waals surface area (Å²) in [6.45, 7) is 2.27. The van der Waals surface area contributed by atoms with Crippen LogP contribution in [0.25, 0.3) is 0 Å². The molecule has 2 N–H and O–H groups in total. The summed E-state index contributed by atoms with van der Waals surface area (Å²) in [5.41, 5.74) is 0. The molecule has 1 aromatic carbocycles. The van der Waals surface area contributed by atoms with Crippen LogP contribution in [0.2, 0.25) is 0 Å². The molecule has 0 unspecified atom stereocenters. The van der Waals surface area contributed by atoms with Crippen molar-refractivity contribution in [1.82, 2.24) is 20.2 Å². The minimum absolute atomic E-state index is 0.179. The fourth-order valence-electron chi connectivity index (χ4n) is 2.32. The molecule has 1 atom stereocenters. The molecule has 0 aliphatic carbocycles. The fourth-order valence-corrected chi connectivity index (χ4v) is 2.32. The maximum Gasteiger partial charge on any atom is 0.314 e. The van der Waals surface area contributed by atoms with E-state index in [2.05, 4.69) is 15.6 Å². The van der Waals surface area contributed by atoms with E-state index >= 15 is 0 Å². The van der Waals surface area contributed by atoms with E-state index in [-0.39, 0.29) is 12.1 Å². The average molecular weight is 316 g/mol. The Labute approximate surface area is 134 Å². The average Bonchev–Trinajstić information content (AvgIpc) is 3.10. The first-order valence-electron chi connectivity index (χ1n) is 7.67. The highest BCUT2D eigenvalue weighted by Gasteiger charge is 2.20. The first-order chi connectivity index (χ1) is 11.3. The van der Waals surface area contributed by atoms with E-state index in [9.17, 15) is 4.79 Å². The minimum Gasteiger partial charge on any atom is -0.486 e. The van der Waals surface area contributed by atoms with Crippen LogP contribution in [-0.2, 0) is 6.54 Å². The van der Waals surface area contributed by atoms with Crippen molar-refractivity contribution in [3.8, 4) is 11.5 Å². The van der Waals surface area contributed by atoms with Crippen LogP contribution in [0.15, 0.2) is 43.0 Å². The normalized spacial score (nSPS) is 15.9. The molecule has 0 saturated carbocycles. The van der Waals surface area contributed by atoms with Gasteiger partial charge in [0, 0.05) is 25.5 Å². The van der Waals surface area contributed by atoms with E-state index < -0.39 is 0 Å². The molecular formula is C16H20N4O3. The van der Waals surface area contributed by atoms with Crippen molar-refractivity contribution in [2.75, 3.05) is 19.7 Å². The number of imidazole rings is 1. The maximum atomic E-state index is 11.8. The van der Waals surface area contributed by atoms with Crippen molar-refractivity contribution in [3.05, 3.63) is 43.0 Å². The Morgan fingerprint density at radius 1 is 1.30 bits per heavy atom. The highest BCUT2D eigenvalue weighted by atomic mass is 16.6. The van der Waals surface area contributed by atoms with Crippen LogP contribution in [0, 0.1) is 0 Å². The maximum absolute atomic E-state index is 11.8. The molecule has 1 aromatic heterocycles. The molecule has 0 spiro atoms. The molecule has 2 aromatic rings. The van der Waals surface area contributed by atoms with Crippen molar-refractivity contribution in [1.29, 1.82) is 0 Å². The quantitative estimate of drug-likeness (QED) is 0.790. The van der Waals surface area contributed by atoms with Crippen LogP contribution < -0.4 is 20.1 Å². The molecule has 122 valence electrons. The SMILES string of the molecule is O=C(NCCCn1ccnc1)NC[C@H]1COc2ccccc2O1. The zero-order valence-electron chi connectivity index (χ0n) is 12.8. The highest BCUT2D eigenvalue weighted by Crippen LogP contribution is 2.30. The first-order valence-corrected chi connectivity index (χ1v) is 7.67. The second-order valence-corrected chi connectivity index (χ2v) is 5.29. The summed E-state index contributed by atoms with van der Waals surface area (Å²) in [6.07, 6.45) is 6.07. The van der Waals surface area contributed by atoms with Crippen molar-refractivity contribution >= 4 is 6.03 Å². The van der Waals surface area contributed by atoms with Gasteiger partial charge in [-0.3, -0.25) is 0 Å². The zero-order chi connectivity index (χ0) is 15.9. The van der Waals surface area contributed by atoms with Gasteiger partial charge in [-0.15, -0.1) is 0 Å². The number of rotatable bonds is 6. The topological polar surface area (TPSA) is 77.4 Å². The Balaban J connectivity index is 1.32. The van der Waals surface area contributed by atoms with Crippen LogP contribution in [0.3, 0.4) is 0 Å². The number of para-hydroxylation sites is 2. The van der Waals surface area contributed by atoms with Gasteiger partial charge in [-0.2, -0.15) is 0 Å². The molecule has 3 rings (SSSR count). The summed E-state index contributed by atoms with van der Waals surface area (Å²) < 4.78 is 13.4. The largest absolute Gasteiger partial charge is 0.486 e. The lowest BCUT2D eigenvalue weighted by Crippen LogP contribution is -2.44. The van der Waals surface area contributed by atoms with E-state index in [1.165, 1.54) is 0 Å². The Bertz CT molecular complexity index is 630. The number of hydrogen-bond donors (Lipinski definition) is 2. The van der Waals surface area contributed by atoms with Crippen LogP contribution in [0.1, 0.15) is 6.42 Å². The summed E-state index contributed by atoms with van der Waals surface area (Å²) in [6, 6.07) is 7.32. The second kappa shape index (κ2) is 7.53. The van der Waals surface area contributed by atoms with Gasteiger partial charge in [0.15, 0.2) is 17.6 Å². The van der Waals surface area contributed by atoms with Crippen LogP contribution in [-0.4, -0.2) is 41.4 Å². The molecule has 2 amide bonds. The van der Waals surface area contributed by atoms with E-state index in [1.807, 2.05) is 35.0 Å². The lowest BCUT2D eigenvalue weighted by Gasteiger charge is -2.26. The molecule has 0 radical (unpaired) electrons. The monoisotopic (exact) mass is 316 g/mol. The highest BCUT2D eigenvalue weighted by molar-refractivity contribution is 5.73. The third kappa shape index (κ3) is 4.38. The second-order valence-electron chi connectivity index (χ2n) is 5.29. The summed E-state index contributed by atoms with van der Waals surface area (Å²) in [7, 11) is 0. The van der Waals surface area contributed by atoms with Gasteiger partial charge in [0.2, 0.25) is 0 Å². The summed E-state index contributed by atoms with van der Waals surface area (Å²) in [4.78, 5) is 15.7. The summed E-state index contributed by atoms with van der Waals surface area (Å²) in [5.74, 6) is 1.46. The summed E-state index contributed by atoms with van der Waals surface area (Å²) >= 11 is 0. The van der Waals surface area contributed by atoms with Crippen molar-refractivity contribution in [3.63, 3.8) is 0 Å².